The van der Waals surface area contributed by atoms with Gasteiger partial charge < -0.3 is 20.2 Å². The smallest absolute Gasteiger partial charge is 0.191 e. The Morgan fingerprint density at radius 1 is 1.30 bits per heavy atom. The first-order valence-corrected chi connectivity index (χ1v) is 9.38. The summed E-state index contributed by atoms with van der Waals surface area (Å²) in [5.74, 6) is 1.20. The molecule has 0 spiro atoms. The fraction of sp³-hybridized carbons (Fsp3) is 0.450. The van der Waals surface area contributed by atoms with E-state index in [4.69, 9.17) is 16.0 Å². The maximum absolute atomic E-state index is 10.6. The highest BCUT2D eigenvalue weighted by Gasteiger charge is 2.44. The zero-order valence-electron chi connectivity index (χ0n) is 15.7. The molecule has 1 unspecified atom stereocenters. The molecule has 0 bridgehead atoms. The largest absolute Gasteiger partial charge is 0.466 e. The number of nitrogens with zero attached hydrogens (tertiary/aromatic N) is 1. The normalized spacial score (nSPS) is 17.6. The standard InChI is InChI=1S/C20H26ClN3O2.HI/c1-3-22-18(23-13-19(2,25)17-8-5-11-26-17)24-14-20(9-10-20)15-6-4-7-16(21)12-15;/h4-8,11-12,25H,3,9-10,13-14H2,1-2H3,(H2,22,23,24);1H. The molecule has 1 fully saturated rings. The molecule has 0 aliphatic heterocycles. The summed E-state index contributed by atoms with van der Waals surface area (Å²) >= 11 is 6.15. The molecule has 7 heteroatoms. The summed E-state index contributed by atoms with van der Waals surface area (Å²) in [7, 11) is 0. The zero-order chi connectivity index (χ0) is 18.6. The number of halogens is 2. The van der Waals surface area contributed by atoms with Crippen molar-refractivity contribution in [2.45, 2.75) is 37.7 Å². The Balaban J connectivity index is 0.00000261. The highest BCUT2D eigenvalue weighted by molar-refractivity contribution is 14.0. The van der Waals surface area contributed by atoms with Crippen LogP contribution in [0.2, 0.25) is 5.02 Å². The monoisotopic (exact) mass is 503 g/mol. The van der Waals surface area contributed by atoms with Crippen molar-refractivity contribution in [3.8, 4) is 0 Å². The van der Waals surface area contributed by atoms with Crippen LogP contribution in [0.15, 0.2) is 52.1 Å². The molecule has 3 rings (SSSR count). The van der Waals surface area contributed by atoms with Crippen molar-refractivity contribution in [2.75, 3.05) is 19.6 Å². The van der Waals surface area contributed by atoms with E-state index in [1.807, 2.05) is 25.1 Å². The molecular weight excluding hydrogens is 477 g/mol. The summed E-state index contributed by atoms with van der Waals surface area (Å²) in [5.41, 5.74) is 0.233. The first kappa shape index (κ1) is 22.0. The highest BCUT2D eigenvalue weighted by Crippen LogP contribution is 2.48. The van der Waals surface area contributed by atoms with Gasteiger partial charge in [-0.3, -0.25) is 0 Å². The molecule has 5 nitrogen and oxygen atoms in total. The van der Waals surface area contributed by atoms with Gasteiger partial charge >= 0.3 is 0 Å². The quantitative estimate of drug-likeness (QED) is 0.303. The lowest BCUT2D eigenvalue weighted by atomic mass is 9.96. The molecule has 148 valence electrons. The van der Waals surface area contributed by atoms with Crippen molar-refractivity contribution >= 4 is 41.5 Å². The van der Waals surface area contributed by atoms with Crippen LogP contribution >= 0.6 is 35.6 Å². The van der Waals surface area contributed by atoms with Crippen molar-refractivity contribution < 1.29 is 9.52 Å². The first-order valence-electron chi connectivity index (χ1n) is 9.00. The van der Waals surface area contributed by atoms with Gasteiger partial charge in [-0.05, 0) is 56.5 Å². The molecule has 1 saturated carbocycles. The molecule has 0 saturated heterocycles. The van der Waals surface area contributed by atoms with Gasteiger partial charge in [0.25, 0.3) is 0 Å². The van der Waals surface area contributed by atoms with Crippen LogP contribution < -0.4 is 10.6 Å². The van der Waals surface area contributed by atoms with E-state index in [0.29, 0.717) is 11.7 Å². The molecule has 3 N–H and O–H groups in total. The minimum absolute atomic E-state index is 0. The number of nitrogens with one attached hydrogen (secondary N) is 2. The Bertz CT molecular complexity index is 758. The number of aliphatic hydroxyl groups is 1. The van der Waals surface area contributed by atoms with Crippen molar-refractivity contribution in [2.24, 2.45) is 4.99 Å². The van der Waals surface area contributed by atoms with Gasteiger partial charge in [0, 0.05) is 23.5 Å². The average molecular weight is 504 g/mol. The number of guanidine groups is 1. The first-order chi connectivity index (χ1) is 12.5. The number of hydrogen-bond acceptors (Lipinski definition) is 3. The summed E-state index contributed by atoms with van der Waals surface area (Å²) in [6.45, 7) is 5.46. The van der Waals surface area contributed by atoms with E-state index in [1.54, 1.807) is 25.3 Å². The Morgan fingerprint density at radius 3 is 2.67 bits per heavy atom. The van der Waals surface area contributed by atoms with E-state index < -0.39 is 5.60 Å². The molecule has 1 aliphatic carbocycles. The van der Waals surface area contributed by atoms with Crippen molar-refractivity contribution in [3.05, 3.63) is 59.0 Å². The van der Waals surface area contributed by atoms with Crippen molar-refractivity contribution in [1.29, 1.82) is 0 Å². The van der Waals surface area contributed by atoms with Gasteiger partial charge in [-0.25, -0.2) is 4.99 Å². The number of aliphatic imine (C=N–C) groups is 1. The van der Waals surface area contributed by atoms with Gasteiger partial charge in [0.05, 0.1) is 12.8 Å². The van der Waals surface area contributed by atoms with Gasteiger partial charge in [-0.2, -0.15) is 0 Å². The van der Waals surface area contributed by atoms with Crippen molar-refractivity contribution in [1.82, 2.24) is 10.6 Å². The Kier molecular flexibility index (Phi) is 7.59. The van der Waals surface area contributed by atoms with Gasteiger partial charge in [-0.1, -0.05) is 23.7 Å². The van der Waals surface area contributed by atoms with Crippen LogP contribution in [0.4, 0.5) is 0 Å². The lowest BCUT2D eigenvalue weighted by molar-refractivity contribution is 0.0437. The van der Waals surface area contributed by atoms with E-state index >= 15 is 0 Å². The number of hydrogen-bond donors (Lipinski definition) is 3. The van der Waals surface area contributed by atoms with Crippen LogP contribution in [-0.2, 0) is 11.0 Å². The third kappa shape index (κ3) is 5.62. The lowest BCUT2D eigenvalue weighted by Crippen LogP contribution is -2.42. The van der Waals surface area contributed by atoms with E-state index in [0.717, 1.165) is 31.0 Å². The molecular formula is C20H27ClIN3O2. The lowest BCUT2D eigenvalue weighted by Gasteiger charge is -2.21. The third-order valence-electron chi connectivity index (χ3n) is 4.83. The van der Waals surface area contributed by atoms with E-state index in [1.165, 1.54) is 5.56 Å². The van der Waals surface area contributed by atoms with Crippen molar-refractivity contribution in [3.63, 3.8) is 0 Å². The zero-order valence-corrected chi connectivity index (χ0v) is 18.8. The molecule has 1 heterocycles. The maximum Gasteiger partial charge on any atom is 0.191 e. The SMILES string of the molecule is CCNC(=NCC(C)(O)c1ccco1)NCC1(c2cccc(Cl)c2)CC1.I. The Morgan fingerprint density at radius 2 is 2.07 bits per heavy atom. The van der Waals surface area contributed by atoms with Gasteiger partial charge in [0.1, 0.15) is 11.4 Å². The maximum atomic E-state index is 10.6. The van der Waals surface area contributed by atoms with Crippen LogP contribution in [0.25, 0.3) is 0 Å². The van der Waals surface area contributed by atoms with Gasteiger partial charge in [0.15, 0.2) is 5.96 Å². The minimum atomic E-state index is -1.14. The molecule has 0 amide bonds. The number of rotatable bonds is 7. The summed E-state index contributed by atoms with van der Waals surface area (Å²) in [5, 5.41) is 18.0. The molecule has 1 aromatic heterocycles. The summed E-state index contributed by atoms with van der Waals surface area (Å²) < 4.78 is 5.31. The van der Waals surface area contributed by atoms with E-state index in [-0.39, 0.29) is 35.9 Å². The minimum Gasteiger partial charge on any atom is -0.466 e. The molecule has 1 aliphatic rings. The predicted molar refractivity (Wildman–Crippen MR) is 120 cm³/mol. The molecule has 27 heavy (non-hydrogen) atoms. The van der Waals surface area contributed by atoms with Crippen LogP contribution in [0, 0.1) is 0 Å². The molecule has 1 atom stereocenters. The van der Waals surface area contributed by atoms with Crippen LogP contribution in [0.5, 0.6) is 0 Å². The molecule has 1 aromatic carbocycles. The Hall–Kier alpha value is -1.25. The second kappa shape index (κ2) is 9.30. The van der Waals surface area contributed by atoms with Crippen LogP contribution in [-0.4, -0.2) is 30.7 Å². The average Bonchev–Trinajstić information content (AvgIpc) is 3.19. The second-order valence-electron chi connectivity index (χ2n) is 7.09. The summed E-state index contributed by atoms with van der Waals surface area (Å²) in [6, 6.07) is 11.6. The highest BCUT2D eigenvalue weighted by atomic mass is 127. The Labute approximate surface area is 182 Å². The topological polar surface area (TPSA) is 69.8 Å². The number of furan rings is 1. The summed E-state index contributed by atoms with van der Waals surface area (Å²) in [6.07, 6.45) is 3.81. The van der Waals surface area contributed by atoms with Gasteiger partial charge in [-0.15, -0.1) is 24.0 Å². The fourth-order valence-corrected chi connectivity index (χ4v) is 3.22. The van der Waals surface area contributed by atoms with Gasteiger partial charge in [0.2, 0.25) is 0 Å². The van der Waals surface area contributed by atoms with E-state index in [9.17, 15) is 5.11 Å². The van der Waals surface area contributed by atoms with E-state index in [2.05, 4.69) is 21.7 Å². The fourth-order valence-electron chi connectivity index (χ4n) is 3.03. The number of benzene rings is 1. The summed E-state index contributed by atoms with van der Waals surface area (Å²) in [4.78, 5) is 4.54. The molecule has 2 aromatic rings. The predicted octanol–water partition coefficient (Wildman–Crippen LogP) is 4.05. The molecule has 0 radical (unpaired) electrons. The van der Waals surface area contributed by atoms with Crippen LogP contribution in [0.3, 0.4) is 0 Å². The third-order valence-corrected chi connectivity index (χ3v) is 5.06. The van der Waals surface area contributed by atoms with Crippen LogP contribution in [0.1, 0.15) is 38.0 Å². The second-order valence-corrected chi connectivity index (χ2v) is 7.53.